The fraction of sp³-hybridized carbons (Fsp3) is 0.316. The predicted molar refractivity (Wildman–Crippen MR) is 108 cm³/mol. The number of benzene rings is 2. The number of amides is 1. The molecule has 0 aliphatic rings. The van der Waals surface area contributed by atoms with Gasteiger partial charge in [0.15, 0.2) is 0 Å². The van der Waals surface area contributed by atoms with Crippen LogP contribution in [0.15, 0.2) is 42.5 Å². The van der Waals surface area contributed by atoms with E-state index in [1.807, 2.05) is 0 Å². The summed E-state index contributed by atoms with van der Waals surface area (Å²) in [4.78, 5) is 12.9. The summed E-state index contributed by atoms with van der Waals surface area (Å²) in [6, 6.07) is 10.5. The molecule has 0 aliphatic carbocycles. The van der Waals surface area contributed by atoms with Gasteiger partial charge in [0.2, 0.25) is 15.9 Å². The van der Waals surface area contributed by atoms with Crippen LogP contribution in [0.5, 0.6) is 17.2 Å². The highest BCUT2D eigenvalue weighted by Crippen LogP contribution is 2.35. The van der Waals surface area contributed by atoms with Gasteiger partial charge in [0.05, 0.1) is 39.0 Å². The van der Waals surface area contributed by atoms with Crippen LogP contribution >= 0.6 is 0 Å². The Morgan fingerprint density at radius 3 is 2.21 bits per heavy atom. The Bertz CT molecular complexity index is 945. The summed E-state index contributed by atoms with van der Waals surface area (Å²) in [5, 5.41) is 2.71. The van der Waals surface area contributed by atoms with Crippen molar-refractivity contribution in [3.8, 4) is 17.2 Å². The molecule has 1 amide bonds. The Morgan fingerprint density at radius 2 is 1.64 bits per heavy atom. The van der Waals surface area contributed by atoms with Gasteiger partial charge in [0, 0.05) is 6.07 Å². The molecule has 28 heavy (non-hydrogen) atoms. The molecular weight excluding hydrogens is 384 g/mol. The van der Waals surface area contributed by atoms with Crippen LogP contribution < -0.4 is 23.8 Å². The van der Waals surface area contributed by atoms with E-state index >= 15 is 0 Å². The Morgan fingerprint density at radius 1 is 1.00 bits per heavy atom. The number of carbonyl (C=O) groups excluding carboxylic acids is 1. The summed E-state index contributed by atoms with van der Waals surface area (Å²) in [7, 11) is 0.551. The molecule has 0 heterocycles. The number of hydrogen-bond donors (Lipinski definition) is 1. The van der Waals surface area contributed by atoms with Crippen LogP contribution in [0, 0.1) is 0 Å². The van der Waals surface area contributed by atoms with E-state index in [-0.39, 0.29) is 5.69 Å². The minimum Gasteiger partial charge on any atom is -0.497 e. The summed E-state index contributed by atoms with van der Waals surface area (Å²) in [5.74, 6) is 0.665. The molecule has 0 fully saturated rings. The quantitative estimate of drug-likeness (QED) is 0.721. The average molecular weight is 408 g/mol. The molecule has 1 N–H and O–H groups in total. The number of ether oxygens (including phenoxy) is 3. The smallest absolute Gasteiger partial charge is 0.248 e. The number of methoxy groups -OCH3 is 3. The molecular formula is C19H24N2O6S. The summed E-state index contributed by atoms with van der Waals surface area (Å²) in [5.41, 5.74) is 0.639. The first-order valence-corrected chi connectivity index (χ1v) is 10.2. The SMILES string of the molecule is COc1ccc(OC)c(N([C@H](C)C(=O)Nc2ccccc2OC)S(C)(=O)=O)c1. The molecule has 0 spiro atoms. The molecule has 0 saturated carbocycles. The number of nitrogens with one attached hydrogen (secondary N) is 1. The lowest BCUT2D eigenvalue weighted by molar-refractivity contribution is -0.116. The molecule has 0 radical (unpaired) electrons. The Labute approximate surface area is 165 Å². The number of nitrogens with zero attached hydrogens (tertiary/aromatic N) is 1. The fourth-order valence-corrected chi connectivity index (χ4v) is 3.91. The number of hydrogen-bond acceptors (Lipinski definition) is 6. The normalized spacial score (nSPS) is 12.0. The van der Waals surface area contributed by atoms with Crippen molar-refractivity contribution in [2.45, 2.75) is 13.0 Å². The molecule has 0 unspecified atom stereocenters. The van der Waals surface area contributed by atoms with Crippen molar-refractivity contribution in [1.82, 2.24) is 0 Å². The topological polar surface area (TPSA) is 94.2 Å². The highest BCUT2D eigenvalue weighted by Gasteiger charge is 2.32. The molecule has 0 aliphatic heterocycles. The Hall–Kier alpha value is -2.94. The maximum absolute atomic E-state index is 12.9. The van der Waals surface area contributed by atoms with Gasteiger partial charge in [0.1, 0.15) is 23.3 Å². The second kappa shape index (κ2) is 8.83. The molecule has 0 saturated heterocycles. The van der Waals surface area contributed by atoms with Crippen LogP contribution in [0.1, 0.15) is 6.92 Å². The summed E-state index contributed by atoms with van der Waals surface area (Å²) in [6.07, 6.45) is 1.03. The lowest BCUT2D eigenvalue weighted by Crippen LogP contribution is -2.45. The van der Waals surface area contributed by atoms with Gasteiger partial charge in [-0.1, -0.05) is 12.1 Å². The fourth-order valence-electron chi connectivity index (χ4n) is 2.74. The van der Waals surface area contributed by atoms with Gasteiger partial charge in [-0.15, -0.1) is 0 Å². The van der Waals surface area contributed by atoms with Gasteiger partial charge < -0.3 is 19.5 Å². The Kier molecular flexibility index (Phi) is 6.74. The van der Waals surface area contributed by atoms with Crippen LogP contribution in [-0.2, 0) is 14.8 Å². The first-order valence-electron chi connectivity index (χ1n) is 8.38. The summed E-state index contributed by atoms with van der Waals surface area (Å²) < 4.78 is 41.8. The number of sulfonamides is 1. The largest absolute Gasteiger partial charge is 0.497 e. The third kappa shape index (κ3) is 4.66. The van der Waals surface area contributed by atoms with Gasteiger partial charge in [-0.25, -0.2) is 8.42 Å². The molecule has 0 bridgehead atoms. The van der Waals surface area contributed by atoms with Gasteiger partial charge in [0.25, 0.3) is 0 Å². The number of para-hydroxylation sites is 2. The van der Waals surface area contributed by atoms with Gasteiger partial charge in [-0.3, -0.25) is 9.10 Å². The average Bonchev–Trinajstić information content (AvgIpc) is 2.67. The van der Waals surface area contributed by atoms with E-state index in [1.165, 1.54) is 34.3 Å². The van der Waals surface area contributed by atoms with Gasteiger partial charge >= 0.3 is 0 Å². The standard InChI is InChI=1S/C19H24N2O6S/c1-13(19(22)20-15-8-6-7-9-17(15)26-3)21(28(5,23)24)16-12-14(25-2)10-11-18(16)27-4/h6-13H,1-5H3,(H,20,22)/t13-/m1/s1. The van der Waals surface area contributed by atoms with Crippen LogP contribution in [0.4, 0.5) is 11.4 Å². The summed E-state index contributed by atoms with van der Waals surface area (Å²) in [6.45, 7) is 1.49. The second-order valence-electron chi connectivity index (χ2n) is 5.96. The third-order valence-electron chi connectivity index (χ3n) is 4.08. The number of anilines is 2. The van der Waals surface area contributed by atoms with E-state index < -0.39 is 22.0 Å². The molecule has 2 rings (SSSR count). The van der Waals surface area contributed by atoms with Crippen LogP contribution in [0.25, 0.3) is 0 Å². The van der Waals surface area contributed by atoms with E-state index in [1.54, 1.807) is 36.4 Å². The lowest BCUT2D eigenvalue weighted by Gasteiger charge is -2.29. The molecule has 2 aromatic carbocycles. The van der Waals surface area contributed by atoms with E-state index in [4.69, 9.17) is 14.2 Å². The van der Waals surface area contributed by atoms with E-state index in [9.17, 15) is 13.2 Å². The maximum Gasteiger partial charge on any atom is 0.248 e. The highest BCUT2D eigenvalue weighted by molar-refractivity contribution is 7.92. The van der Waals surface area contributed by atoms with Gasteiger partial charge in [-0.2, -0.15) is 0 Å². The van der Waals surface area contributed by atoms with Crippen molar-refractivity contribution in [1.29, 1.82) is 0 Å². The van der Waals surface area contributed by atoms with E-state index in [2.05, 4.69) is 5.32 Å². The zero-order chi connectivity index (χ0) is 20.9. The van der Waals surface area contributed by atoms with Crippen LogP contribution in [0.3, 0.4) is 0 Å². The first-order chi connectivity index (χ1) is 13.2. The minimum atomic E-state index is -3.82. The minimum absolute atomic E-state index is 0.201. The van der Waals surface area contributed by atoms with Gasteiger partial charge in [-0.05, 0) is 31.2 Å². The highest BCUT2D eigenvalue weighted by atomic mass is 32.2. The lowest BCUT2D eigenvalue weighted by atomic mass is 10.2. The monoisotopic (exact) mass is 408 g/mol. The van der Waals surface area contributed by atoms with Crippen molar-refractivity contribution >= 4 is 27.3 Å². The van der Waals surface area contributed by atoms with Crippen molar-refractivity contribution in [3.05, 3.63) is 42.5 Å². The summed E-state index contributed by atoms with van der Waals surface area (Å²) >= 11 is 0. The molecule has 8 nitrogen and oxygen atoms in total. The predicted octanol–water partition coefficient (Wildman–Crippen LogP) is 2.51. The van der Waals surface area contributed by atoms with Crippen molar-refractivity contribution < 1.29 is 27.4 Å². The molecule has 2 aromatic rings. The molecule has 0 aromatic heterocycles. The zero-order valence-corrected chi connectivity index (χ0v) is 17.2. The van der Waals surface area contributed by atoms with Crippen molar-refractivity contribution in [3.63, 3.8) is 0 Å². The first kappa shape index (κ1) is 21.4. The second-order valence-corrected chi connectivity index (χ2v) is 7.82. The van der Waals surface area contributed by atoms with Crippen molar-refractivity contribution in [2.24, 2.45) is 0 Å². The molecule has 1 atom stereocenters. The third-order valence-corrected chi connectivity index (χ3v) is 5.30. The number of rotatable bonds is 8. The van der Waals surface area contributed by atoms with Crippen LogP contribution in [0.2, 0.25) is 0 Å². The molecule has 9 heteroatoms. The molecule has 152 valence electrons. The number of carbonyl (C=O) groups is 1. The van der Waals surface area contributed by atoms with E-state index in [0.29, 0.717) is 22.9 Å². The van der Waals surface area contributed by atoms with E-state index in [0.717, 1.165) is 10.6 Å². The zero-order valence-electron chi connectivity index (χ0n) is 16.4. The van der Waals surface area contributed by atoms with Crippen LogP contribution in [-0.4, -0.2) is 48.0 Å². The Balaban J connectivity index is 2.45. The maximum atomic E-state index is 12.9. The van der Waals surface area contributed by atoms with Crippen molar-refractivity contribution in [2.75, 3.05) is 37.2 Å².